The zero-order valence-corrected chi connectivity index (χ0v) is 20.9. The average molecular weight is 481 g/mol. The summed E-state index contributed by atoms with van der Waals surface area (Å²) in [5.41, 5.74) is -0.981. The summed E-state index contributed by atoms with van der Waals surface area (Å²) < 4.78 is 5.96. The molecular weight excluding hydrogens is 436 g/mol. The van der Waals surface area contributed by atoms with Crippen LogP contribution in [0.2, 0.25) is 0 Å². The molecule has 2 amide bonds. The number of hydrogen-bond acceptors (Lipinski definition) is 6. The van der Waals surface area contributed by atoms with E-state index >= 15 is 0 Å². The molecule has 4 aliphatic rings. The smallest absolute Gasteiger partial charge is 0.407 e. The molecule has 8 heteroatoms. The lowest BCUT2D eigenvalue weighted by atomic mass is 9.46. The Labute approximate surface area is 203 Å². The summed E-state index contributed by atoms with van der Waals surface area (Å²) >= 11 is 0. The summed E-state index contributed by atoms with van der Waals surface area (Å²) in [6, 6.07) is 0.166. The Kier molecular flexibility index (Phi) is 7.80. The molecule has 4 rings (SSSR count). The van der Waals surface area contributed by atoms with E-state index in [1.807, 2.05) is 6.92 Å². The number of β-amino-alcohol motifs (C(OH)–C–C–N with tert-alkyl or cyclic N) is 1. The van der Waals surface area contributed by atoms with Crippen LogP contribution in [0.15, 0.2) is 0 Å². The third-order valence-corrected chi connectivity index (χ3v) is 9.76. The number of amides is 2. The molecule has 7 atom stereocenters. The predicted octanol–water partition coefficient (Wildman–Crippen LogP) is 2.58. The van der Waals surface area contributed by atoms with Gasteiger partial charge in [-0.25, -0.2) is 4.79 Å². The molecule has 3 saturated carbocycles. The number of aliphatic hydroxyl groups is 3. The zero-order valence-electron chi connectivity index (χ0n) is 20.9. The Bertz CT molecular complexity index is 743. The van der Waals surface area contributed by atoms with Crippen LogP contribution in [0, 0.1) is 22.7 Å². The van der Waals surface area contributed by atoms with Crippen molar-refractivity contribution in [3.63, 3.8) is 0 Å². The van der Waals surface area contributed by atoms with Gasteiger partial charge in [0.15, 0.2) is 0 Å². The molecule has 1 unspecified atom stereocenters. The normalized spacial score (nSPS) is 41.1. The van der Waals surface area contributed by atoms with Crippen LogP contribution in [0.1, 0.15) is 84.5 Å². The highest BCUT2D eigenvalue weighted by Crippen LogP contribution is 2.61. The number of aliphatic hydroxyl groups excluding tert-OH is 3. The maximum Gasteiger partial charge on any atom is 0.407 e. The van der Waals surface area contributed by atoms with Gasteiger partial charge in [0.1, 0.15) is 6.10 Å². The Morgan fingerprint density at radius 2 is 1.76 bits per heavy atom. The molecule has 1 aliphatic heterocycles. The van der Waals surface area contributed by atoms with Crippen molar-refractivity contribution in [1.29, 1.82) is 0 Å². The minimum absolute atomic E-state index is 0.0154. The van der Waals surface area contributed by atoms with Crippen LogP contribution < -0.4 is 5.32 Å². The molecule has 0 aromatic heterocycles. The fourth-order valence-electron chi connectivity index (χ4n) is 7.64. The van der Waals surface area contributed by atoms with Crippen LogP contribution in [0.5, 0.6) is 0 Å². The van der Waals surface area contributed by atoms with Crippen molar-refractivity contribution in [3.05, 3.63) is 0 Å². The van der Waals surface area contributed by atoms with Crippen molar-refractivity contribution in [3.8, 4) is 0 Å². The predicted molar refractivity (Wildman–Crippen MR) is 127 cm³/mol. The highest BCUT2D eigenvalue weighted by atomic mass is 16.6. The standard InChI is InChI=1S/C26H44N2O6/c1-25-12-10-22(34-24(33)27-17-6-4-3-5-7-17)26(2,16-29)21(25)9-8-20(31)19(25)14-23(32)28-13-11-18(30)15-28/h17-22,29-31H,3-16H2,1-2H3,(H,27,33)/t18-,19-,20-,21?,22-,25+,26+/m1/s1. The van der Waals surface area contributed by atoms with Crippen molar-refractivity contribution < 1.29 is 29.6 Å². The van der Waals surface area contributed by atoms with Gasteiger partial charge in [-0.2, -0.15) is 0 Å². The molecule has 0 aromatic rings. The summed E-state index contributed by atoms with van der Waals surface area (Å²) in [4.78, 5) is 27.5. The van der Waals surface area contributed by atoms with E-state index in [4.69, 9.17) is 4.74 Å². The summed E-state index contributed by atoms with van der Waals surface area (Å²) in [5, 5.41) is 34.4. The van der Waals surface area contributed by atoms with Crippen LogP contribution in [-0.4, -0.2) is 76.3 Å². The van der Waals surface area contributed by atoms with Gasteiger partial charge in [-0.15, -0.1) is 0 Å². The Hall–Kier alpha value is -1.38. The first kappa shape index (κ1) is 25.7. The van der Waals surface area contributed by atoms with Crippen molar-refractivity contribution in [2.45, 2.75) is 109 Å². The van der Waals surface area contributed by atoms with E-state index in [-0.39, 0.29) is 42.2 Å². The van der Waals surface area contributed by atoms with Gasteiger partial charge in [-0.1, -0.05) is 33.1 Å². The molecular formula is C26H44N2O6. The maximum atomic E-state index is 13.0. The highest BCUT2D eigenvalue weighted by Gasteiger charge is 2.60. The van der Waals surface area contributed by atoms with E-state index in [1.54, 1.807) is 4.90 Å². The number of rotatable bonds is 5. The molecule has 34 heavy (non-hydrogen) atoms. The number of nitrogens with one attached hydrogen (secondary N) is 1. The molecule has 194 valence electrons. The summed E-state index contributed by atoms with van der Waals surface area (Å²) in [6.45, 7) is 4.96. The Morgan fingerprint density at radius 1 is 1.03 bits per heavy atom. The number of alkyl carbamates (subject to hydrolysis) is 1. The molecule has 0 radical (unpaired) electrons. The van der Waals surface area contributed by atoms with Gasteiger partial charge in [-0.05, 0) is 62.2 Å². The molecule has 1 heterocycles. The van der Waals surface area contributed by atoms with Gasteiger partial charge in [0.05, 0.1) is 18.8 Å². The van der Waals surface area contributed by atoms with Crippen molar-refractivity contribution in [2.75, 3.05) is 19.7 Å². The van der Waals surface area contributed by atoms with Gasteiger partial charge in [-0.3, -0.25) is 4.79 Å². The van der Waals surface area contributed by atoms with Crippen LogP contribution in [-0.2, 0) is 9.53 Å². The van der Waals surface area contributed by atoms with E-state index in [1.165, 1.54) is 6.42 Å². The summed E-state index contributed by atoms with van der Waals surface area (Å²) in [5.74, 6) is -0.214. The zero-order chi connectivity index (χ0) is 24.5. The van der Waals surface area contributed by atoms with Crippen molar-refractivity contribution in [1.82, 2.24) is 10.2 Å². The third kappa shape index (κ3) is 4.96. The van der Waals surface area contributed by atoms with Crippen molar-refractivity contribution >= 4 is 12.0 Å². The minimum Gasteiger partial charge on any atom is -0.446 e. The molecule has 0 aromatic carbocycles. The molecule has 0 spiro atoms. The lowest BCUT2D eigenvalue weighted by Gasteiger charge is -2.60. The highest BCUT2D eigenvalue weighted by molar-refractivity contribution is 5.77. The molecule has 3 aliphatic carbocycles. The van der Waals surface area contributed by atoms with Crippen LogP contribution in [0.3, 0.4) is 0 Å². The second-order valence-electron chi connectivity index (χ2n) is 11.9. The number of likely N-dealkylation sites (tertiary alicyclic amines) is 1. The first-order chi connectivity index (χ1) is 16.2. The van der Waals surface area contributed by atoms with Gasteiger partial charge in [0.25, 0.3) is 0 Å². The fraction of sp³-hybridized carbons (Fsp3) is 0.923. The number of carbonyl (C=O) groups excluding carboxylic acids is 2. The van der Waals surface area contributed by atoms with E-state index in [0.717, 1.165) is 38.5 Å². The van der Waals surface area contributed by atoms with Gasteiger partial charge in [0.2, 0.25) is 5.91 Å². The average Bonchev–Trinajstić information content (AvgIpc) is 3.25. The quantitative estimate of drug-likeness (QED) is 0.480. The fourth-order valence-corrected chi connectivity index (χ4v) is 7.64. The monoisotopic (exact) mass is 480 g/mol. The maximum absolute atomic E-state index is 13.0. The topological polar surface area (TPSA) is 119 Å². The number of ether oxygens (including phenoxy) is 1. The van der Waals surface area contributed by atoms with E-state index in [0.29, 0.717) is 32.4 Å². The number of hydrogen-bond donors (Lipinski definition) is 4. The minimum atomic E-state index is -0.637. The number of carbonyl (C=O) groups is 2. The number of fused-ring (bicyclic) bond motifs is 1. The van der Waals surface area contributed by atoms with Gasteiger partial charge >= 0.3 is 6.09 Å². The van der Waals surface area contributed by atoms with E-state index in [9.17, 15) is 24.9 Å². The van der Waals surface area contributed by atoms with Crippen LogP contribution in [0.25, 0.3) is 0 Å². The Balaban J connectivity index is 1.46. The molecule has 1 saturated heterocycles. The summed E-state index contributed by atoms with van der Waals surface area (Å²) in [6.07, 6.45) is 7.07. The van der Waals surface area contributed by atoms with E-state index < -0.39 is 29.8 Å². The first-order valence-corrected chi connectivity index (χ1v) is 13.4. The lowest BCUT2D eigenvalue weighted by molar-refractivity contribution is -0.187. The molecule has 8 nitrogen and oxygen atoms in total. The van der Waals surface area contributed by atoms with Crippen molar-refractivity contribution in [2.24, 2.45) is 22.7 Å². The van der Waals surface area contributed by atoms with Gasteiger partial charge in [0, 0.05) is 31.0 Å². The second-order valence-corrected chi connectivity index (χ2v) is 11.9. The largest absolute Gasteiger partial charge is 0.446 e. The number of nitrogens with zero attached hydrogens (tertiary/aromatic N) is 1. The van der Waals surface area contributed by atoms with Crippen LogP contribution in [0.4, 0.5) is 4.79 Å². The molecule has 4 fully saturated rings. The second kappa shape index (κ2) is 10.3. The lowest BCUT2D eigenvalue weighted by Crippen LogP contribution is -2.61. The Morgan fingerprint density at radius 3 is 2.41 bits per heavy atom. The third-order valence-electron chi connectivity index (χ3n) is 9.76. The molecule has 4 N–H and O–H groups in total. The summed E-state index contributed by atoms with van der Waals surface area (Å²) in [7, 11) is 0. The SMILES string of the molecule is C[C@]1(CO)C2CC[C@@H](O)[C@@H](CC(=O)N3CC[C@@H](O)C3)[C@]2(C)CC[C@H]1OC(=O)NC1CCCCC1. The molecule has 0 bridgehead atoms. The van der Waals surface area contributed by atoms with Gasteiger partial charge < -0.3 is 30.3 Å². The van der Waals surface area contributed by atoms with Crippen LogP contribution >= 0.6 is 0 Å². The first-order valence-electron chi connectivity index (χ1n) is 13.4. The van der Waals surface area contributed by atoms with E-state index in [2.05, 4.69) is 12.2 Å².